The fourth-order valence-electron chi connectivity index (χ4n) is 9.73. The van der Waals surface area contributed by atoms with E-state index in [4.69, 9.17) is 0 Å². The van der Waals surface area contributed by atoms with Crippen molar-refractivity contribution >= 4 is 56.4 Å². The van der Waals surface area contributed by atoms with E-state index >= 15 is 0 Å². The van der Waals surface area contributed by atoms with Gasteiger partial charge < -0.3 is 4.90 Å². The third kappa shape index (κ3) is 20.6. The van der Waals surface area contributed by atoms with Crippen molar-refractivity contribution in [1.82, 2.24) is 0 Å². The van der Waals surface area contributed by atoms with Gasteiger partial charge in [-0.05, 0) is 77.4 Å². The van der Waals surface area contributed by atoms with Crippen molar-refractivity contribution in [2.24, 2.45) is 0 Å². The Hall–Kier alpha value is -5.66. The van der Waals surface area contributed by atoms with E-state index in [9.17, 15) is 21.0 Å². The average molecular weight is 1040 g/mol. The van der Waals surface area contributed by atoms with Crippen LogP contribution in [0.3, 0.4) is 0 Å². The smallest absolute Gasteiger partial charge is 0.138 e. The van der Waals surface area contributed by atoms with Gasteiger partial charge in [0.05, 0.1) is 4.88 Å². The second-order valence-electron chi connectivity index (χ2n) is 19.8. The van der Waals surface area contributed by atoms with Crippen LogP contribution in [-0.4, -0.2) is 13.1 Å². The molecular formula is C66H81N5S3. The fraction of sp³-hybridized carbons (Fsp3) is 0.485. The van der Waals surface area contributed by atoms with Crippen molar-refractivity contribution in [2.45, 2.75) is 194 Å². The summed E-state index contributed by atoms with van der Waals surface area (Å²) in [5, 5.41) is 45.5. The maximum atomic E-state index is 10.5. The van der Waals surface area contributed by atoms with Crippen LogP contribution in [0, 0.1) is 57.2 Å². The summed E-state index contributed by atoms with van der Waals surface area (Å²) in [5.74, 6) is 6.88. The molecule has 0 radical (unpaired) electrons. The van der Waals surface area contributed by atoms with Gasteiger partial charge in [0.25, 0.3) is 0 Å². The maximum Gasteiger partial charge on any atom is 0.138 e. The summed E-state index contributed by atoms with van der Waals surface area (Å²) in [6.07, 6.45) is 37.9. The number of rotatable bonds is 35. The van der Waals surface area contributed by atoms with Crippen molar-refractivity contribution in [3.63, 3.8) is 0 Å². The van der Waals surface area contributed by atoms with Crippen molar-refractivity contribution < 1.29 is 0 Å². The molecule has 2 aromatic carbocycles. The van der Waals surface area contributed by atoms with E-state index in [1.807, 2.05) is 35.7 Å². The van der Waals surface area contributed by atoms with Crippen LogP contribution in [0.5, 0.6) is 0 Å². The number of nitrogens with zero attached hydrogens (tertiary/aromatic N) is 5. The maximum absolute atomic E-state index is 10.5. The minimum atomic E-state index is -0.0349. The molecule has 0 aliphatic rings. The number of unbranched alkanes of at least 4 members (excludes halogenated alkanes) is 26. The third-order valence-electron chi connectivity index (χ3n) is 14.1. The highest BCUT2D eigenvalue weighted by atomic mass is 32.1. The molecule has 74 heavy (non-hydrogen) atoms. The molecule has 0 spiro atoms. The van der Waals surface area contributed by atoms with Crippen molar-refractivity contribution in [3.05, 3.63) is 117 Å². The second-order valence-corrected chi connectivity index (χ2v) is 22.8. The zero-order valence-corrected chi connectivity index (χ0v) is 47.3. The Balaban J connectivity index is 1.31. The predicted molar refractivity (Wildman–Crippen MR) is 319 cm³/mol. The molecule has 0 amide bonds. The van der Waals surface area contributed by atoms with E-state index < -0.39 is 0 Å². The first-order valence-electron chi connectivity index (χ1n) is 28.3. The molecule has 5 nitrogen and oxygen atoms in total. The molecule has 3 heterocycles. The number of nitriles is 4. The number of anilines is 1. The third-order valence-corrected chi connectivity index (χ3v) is 17.3. The highest BCUT2D eigenvalue weighted by molar-refractivity contribution is 7.25. The van der Waals surface area contributed by atoms with Crippen LogP contribution in [-0.2, 0) is 0 Å². The molecule has 8 heteroatoms. The first-order valence-corrected chi connectivity index (χ1v) is 30.9. The lowest BCUT2D eigenvalue weighted by atomic mass is 9.91. The zero-order valence-electron chi connectivity index (χ0n) is 44.8. The van der Waals surface area contributed by atoms with Crippen LogP contribution >= 0.6 is 34.0 Å². The van der Waals surface area contributed by atoms with Crippen LogP contribution in [0.25, 0.3) is 36.2 Å². The summed E-state index contributed by atoms with van der Waals surface area (Å²) >= 11 is 4.95. The van der Waals surface area contributed by atoms with E-state index in [1.54, 1.807) is 46.1 Å². The molecule has 5 rings (SSSR count). The molecule has 0 unspecified atom stereocenters. The Morgan fingerprint density at radius 2 is 0.919 bits per heavy atom. The van der Waals surface area contributed by atoms with Gasteiger partial charge in [0.1, 0.15) is 35.4 Å². The highest BCUT2D eigenvalue weighted by Gasteiger charge is 2.21. The summed E-state index contributed by atoms with van der Waals surface area (Å²) in [6.45, 7) is 6.68. The lowest BCUT2D eigenvalue weighted by Gasteiger charge is -2.25. The van der Waals surface area contributed by atoms with Gasteiger partial charge in [-0.3, -0.25) is 0 Å². The predicted octanol–water partition coefficient (Wildman–Crippen LogP) is 18.9. The van der Waals surface area contributed by atoms with Gasteiger partial charge in [-0.25, -0.2) is 0 Å². The molecule has 0 atom stereocenters. The van der Waals surface area contributed by atoms with Gasteiger partial charge >= 0.3 is 0 Å². The number of benzene rings is 2. The average Bonchev–Trinajstić information content (AvgIpc) is 4.25. The molecule has 388 valence electrons. The van der Waals surface area contributed by atoms with Crippen molar-refractivity contribution in [1.29, 1.82) is 21.0 Å². The zero-order chi connectivity index (χ0) is 52.3. The molecule has 3 aromatic heterocycles. The van der Waals surface area contributed by atoms with E-state index in [0.717, 1.165) is 38.8 Å². The number of hydrogen-bond donors (Lipinski definition) is 0. The van der Waals surface area contributed by atoms with Crippen LogP contribution in [0.2, 0.25) is 0 Å². The Labute approximate surface area is 458 Å². The molecule has 0 bridgehead atoms. The Kier molecular flexibility index (Phi) is 29.1. The van der Waals surface area contributed by atoms with E-state index in [2.05, 4.69) is 96.6 Å². The SMILES string of the molecule is CCCCCCCCCCCCCCCCN(CCCCCCCCCCCCCCCC)c1ccc(C#CC(C(=C(C#N)C#N)c2ccsc2-c2ccc(-c3cccs3)s2)=c2ccc(=C(C#N)C#N)cc2)cc1. The largest absolute Gasteiger partial charge is 0.372 e. The summed E-state index contributed by atoms with van der Waals surface area (Å²) in [7, 11) is 0. The summed E-state index contributed by atoms with van der Waals surface area (Å²) < 4.78 is 0. The van der Waals surface area contributed by atoms with Gasteiger partial charge in [0, 0.05) is 60.9 Å². The number of hydrogen-bond acceptors (Lipinski definition) is 8. The topological polar surface area (TPSA) is 98.4 Å². The fourth-order valence-corrected chi connectivity index (χ4v) is 12.6. The summed E-state index contributed by atoms with van der Waals surface area (Å²) in [5.41, 5.74) is 3.79. The Morgan fingerprint density at radius 3 is 1.38 bits per heavy atom. The normalized spacial score (nSPS) is 10.7. The molecule has 0 fully saturated rings. The quantitative estimate of drug-likeness (QED) is 0.0229. The molecule has 0 aliphatic heterocycles. The van der Waals surface area contributed by atoms with Crippen LogP contribution in [0.15, 0.2) is 95.2 Å². The first kappa shape index (κ1) is 59.2. The molecular weight excluding hydrogens is 959 g/mol. The summed E-state index contributed by atoms with van der Waals surface area (Å²) in [6, 6.07) is 34.5. The first-order chi connectivity index (χ1) is 36.5. The minimum absolute atomic E-state index is 0.0110. The minimum Gasteiger partial charge on any atom is -0.372 e. The molecule has 0 aliphatic carbocycles. The van der Waals surface area contributed by atoms with Crippen LogP contribution in [0.4, 0.5) is 5.69 Å². The van der Waals surface area contributed by atoms with Gasteiger partial charge in [0.2, 0.25) is 0 Å². The van der Waals surface area contributed by atoms with Crippen LogP contribution in [0.1, 0.15) is 205 Å². The molecule has 5 aromatic rings. The standard InChI is InChI=1S/C66H81N5S3/c1-3-5-7-9-11-13-15-17-19-21-23-25-27-29-46-71(47-30-28-26-24-22-20-18-16-14-12-10-8-6-4-2)59-40-33-54(34-41-59)35-42-60(56-38-36-55(37-39-56)57(50-67)51-68)65(58(52-69)53-70)61-45-49-73-66(61)64-44-43-63(74-64)62-32-31-48-72-62/h31-34,36-41,43-45,48-49H,3-30,46-47H2,1-2H3. The van der Waals surface area contributed by atoms with Crippen LogP contribution < -0.4 is 15.3 Å². The van der Waals surface area contributed by atoms with Gasteiger partial charge in [0.15, 0.2) is 0 Å². The van der Waals surface area contributed by atoms with E-state index in [-0.39, 0.29) is 11.1 Å². The van der Waals surface area contributed by atoms with Crippen molar-refractivity contribution in [3.8, 4) is 55.6 Å². The summed E-state index contributed by atoms with van der Waals surface area (Å²) in [4.78, 5) is 6.93. The Morgan fingerprint density at radius 1 is 0.446 bits per heavy atom. The van der Waals surface area contributed by atoms with Gasteiger partial charge in [-0.15, -0.1) is 34.0 Å². The highest BCUT2D eigenvalue weighted by Crippen LogP contribution is 2.44. The van der Waals surface area contributed by atoms with E-state index in [0.29, 0.717) is 21.6 Å². The second kappa shape index (κ2) is 36.3. The van der Waals surface area contributed by atoms with Gasteiger partial charge in [-0.2, -0.15) is 21.0 Å². The van der Waals surface area contributed by atoms with E-state index in [1.165, 1.54) is 190 Å². The molecule has 0 N–H and O–H groups in total. The Bertz CT molecular complexity index is 2700. The molecule has 0 saturated heterocycles. The molecule has 0 saturated carbocycles. The monoisotopic (exact) mass is 1040 g/mol. The number of thiophene rings is 3. The number of allylic oxidation sites excluding steroid dienone is 2. The lowest BCUT2D eigenvalue weighted by molar-refractivity contribution is 0.529. The van der Waals surface area contributed by atoms with Crippen molar-refractivity contribution in [2.75, 3.05) is 18.0 Å². The van der Waals surface area contributed by atoms with Gasteiger partial charge in [-0.1, -0.05) is 223 Å². The lowest BCUT2D eigenvalue weighted by Crippen LogP contribution is -2.25.